The zero-order chi connectivity index (χ0) is 15.0. The van der Waals surface area contributed by atoms with Crippen LogP contribution in [0.15, 0.2) is 10.5 Å². The molecule has 0 amide bonds. The summed E-state index contributed by atoms with van der Waals surface area (Å²) < 4.78 is 11.6. The van der Waals surface area contributed by atoms with Gasteiger partial charge in [-0.05, 0) is 37.7 Å². The molecule has 1 aromatic rings. The molecule has 1 saturated carbocycles. The minimum Gasteiger partial charge on any atom is -0.466 e. The summed E-state index contributed by atoms with van der Waals surface area (Å²) in [6, 6.07) is 3.11. The van der Waals surface area contributed by atoms with Crippen molar-refractivity contribution in [1.82, 2.24) is 5.32 Å². The van der Waals surface area contributed by atoms with Crippen molar-refractivity contribution in [3.63, 3.8) is 0 Å². The molecular weight excluding hydrogens is 262 g/mol. The molecule has 2 aliphatic carbocycles. The van der Waals surface area contributed by atoms with Gasteiger partial charge in [-0.15, -0.1) is 0 Å². The van der Waals surface area contributed by atoms with Gasteiger partial charge in [0.1, 0.15) is 11.5 Å². The maximum absolute atomic E-state index is 5.94. The fraction of sp³-hybridized carbons (Fsp3) is 0.778. The van der Waals surface area contributed by atoms with Gasteiger partial charge < -0.3 is 14.5 Å². The quantitative estimate of drug-likeness (QED) is 0.908. The molecule has 3 rings (SSSR count). The third-order valence-electron chi connectivity index (χ3n) is 5.16. The summed E-state index contributed by atoms with van der Waals surface area (Å²) in [5.41, 5.74) is 1.68. The summed E-state index contributed by atoms with van der Waals surface area (Å²) >= 11 is 0. The standard InChI is InChI=1S/C18H29NO2/c1-12-9-13-15(10-18(2,3)11-17(13)21-12)19-14-7-5-6-8-16(14)20-4/h9,14-16,19H,5-8,10-11H2,1-4H3. The SMILES string of the molecule is COC1CCCCC1NC1CC(C)(C)Cc2oc(C)cc21. The molecule has 0 radical (unpaired) electrons. The van der Waals surface area contributed by atoms with Crippen molar-refractivity contribution in [2.75, 3.05) is 7.11 Å². The van der Waals surface area contributed by atoms with Crippen LogP contribution in [-0.4, -0.2) is 19.3 Å². The highest BCUT2D eigenvalue weighted by Crippen LogP contribution is 2.42. The molecule has 2 aliphatic rings. The lowest BCUT2D eigenvalue weighted by Crippen LogP contribution is -2.46. The van der Waals surface area contributed by atoms with Crippen LogP contribution in [-0.2, 0) is 11.2 Å². The number of fused-ring (bicyclic) bond motifs is 1. The molecule has 0 spiro atoms. The van der Waals surface area contributed by atoms with Crippen LogP contribution in [0.1, 0.15) is 69.1 Å². The van der Waals surface area contributed by atoms with Gasteiger partial charge in [0.15, 0.2) is 0 Å². The largest absolute Gasteiger partial charge is 0.466 e. The third kappa shape index (κ3) is 3.19. The highest BCUT2D eigenvalue weighted by atomic mass is 16.5. The molecule has 21 heavy (non-hydrogen) atoms. The summed E-state index contributed by atoms with van der Waals surface area (Å²) in [6.07, 6.45) is 7.59. The molecule has 0 bridgehead atoms. The maximum Gasteiger partial charge on any atom is 0.109 e. The van der Waals surface area contributed by atoms with E-state index in [0.717, 1.165) is 12.2 Å². The summed E-state index contributed by atoms with van der Waals surface area (Å²) in [5.74, 6) is 2.22. The van der Waals surface area contributed by atoms with Crippen molar-refractivity contribution in [3.8, 4) is 0 Å². The number of ether oxygens (including phenoxy) is 1. The summed E-state index contributed by atoms with van der Waals surface area (Å²) in [4.78, 5) is 0. The van der Waals surface area contributed by atoms with Crippen LogP contribution in [0.4, 0.5) is 0 Å². The minimum atomic E-state index is 0.298. The number of hydrogen-bond donors (Lipinski definition) is 1. The Morgan fingerprint density at radius 1 is 1.29 bits per heavy atom. The first-order valence-electron chi connectivity index (χ1n) is 8.36. The Balaban J connectivity index is 1.80. The molecule has 3 heteroatoms. The molecule has 0 aromatic carbocycles. The highest BCUT2D eigenvalue weighted by Gasteiger charge is 2.37. The van der Waals surface area contributed by atoms with Gasteiger partial charge in [-0.25, -0.2) is 0 Å². The number of methoxy groups -OCH3 is 1. The summed E-state index contributed by atoms with van der Waals surface area (Å²) in [6.45, 7) is 6.75. The molecule has 3 nitrogen and oxygen atoms in total. The highest BCUT2D eigenvalue weighted by molar-refractivity contribution is 5.29. The van der Waals surface area contributed by atoms with Crippen LogP contribution < -0.4 is 5.32 Å². The summed E-state index contributed by atoms with van der Waals surface area (Å²) in [7, 11) is 1.85. The topological polar surface area (TPSA) is 34.4 Å². The van der Waals surface area contributed by atoms with Crippen molar-refractivity contribution < 1.29 is 9.15 Å². The molecular formula is C18H29NO2. The van der Waals surface area contributed by atoms with Gasteiger partial charge >= 0.3 is 0 Å². The van der Waals surface area contributed by atoms with E-state index in [1.165, 1.54) is 43.4 Å². The fourth-order valence-corrected chi connectivity index (χ4v) is 4.16. The lowest BCUT2D eigenvalue weighted by molar-refractivity contribution is 0.0340. The Morgan fingerprint density at radius 3 is 2.81 bits per heavy atom. The second kappa shape index (κ2) is 5.77. The second-order valence-electron chi connectivity index (χ2n) is 7.67. The predicted octanol–water partition coefficient (Wildman–Crippen LogP) is 4.15. The van der Waals surface area contributed by atoms with E-state index in [1.54, 1.807) is 0 Å². The van der Waals surface area contributed by atoms with E-state index >= 15 is 0 Å². The van der Waals surface area contributed by atoms with E-state index in [2.05, 4.69) is 32.2 Å². The monoisotopic (exact) mass is 291 g/mol. The first kappa shape index (κ1) is 15.1. The second-order valence-corrected chi connectivity index (χ2v) is 7.67. The van der Waals surface area contributed by atoms with Gasteiger partial charge in [0.05, 0.1) is 6.10 Å². The van der Waals surface area contributed by atoms with Crippen LogP contribution in [0.2, 0.25) is 0 Å². The first-order chi connectivity index (χ1) is 9.98. The number of furan rings is 1. The van der Waals surface area contributed by atoms with E-state index in [4.69, 9.17) is 9.15 Å². The Labute approximate surface area is 128 Å². The van der Waals surface area contributed by atoms with Crippen LogP contribution in [0.5, 0.6) is 0 Å². The Bertz CT molecular complexity index is 491. The average molecular weight is 291 g/mol. The van der Waals surface area contributed by atoms with Crippen LogP contribution in [0.3, 0.4) is 0 Å². The number of rotatable bonds is 3. The molecule has 0 saturated heterocycles. The molecule has 1 N–H and O–H groups in total. The molecule has 3 unspecified atom stereocenters. The summed E-state index contributed by atoms with van der Waals surface area (Å²) in [5, 5.41) is 3.90. The third-order valence-corrected chi connectivity index (χ3v) is 5.16. The molecule has 1 fully saturated rings. The van der Waals surface area contributed by atoms with Crippen molar-refractivity contribution in [1.29, 1.82) is 0 Å². The fourth-order valence-electron chi connectivity index (χ4n) is 4.16. The van der Waals surface area contributed by atoms with Crippen LogP contribution >= 0.6 is 0 Å². The van der Waals surface area contributed by atoms with Gasteiger partial charge in [-0.3, -0.25) is 0 Å². The zero-order valence-electron chi connectivity index (χ0n) is 13.9. The number of hydrogen-bond acceptors (Lipinski definition) is 3. The van der Waals surface area contributed by atoms with Crippen molar-refractivity contribution in [2.45, 2.75) is 77.5 Å². The predicted molar refractivity (Wildman–Crippen MR) is 84.5 cm³/mol. The van der Waals surface area contributed by atoms with Gasteiger partial charge in [-0.1, -0.05) is 26.7 Å². The van der Waals surface area contributed by atoms with E-state index in [1.807, 2.05) is 7.11 Å². The number of aryl methyl sites for hydroxylation is 1. The minimum absolute atomic E-state index is 0.298. The first-order valence-corrected chi connectivity index (χ1v) is 8.36. The average Bonchev–Trinajstić information content (AvgIpc) is 2.78. The maximum atomic E-state index is 5.94. The van der Waals surface area contributed by atoms with Crippen LogP contribution in [0.25, 0.3) is 0 Å². The Kier molecular flexibility index (Phi) is 4.15. The van der Waals surface area contributed by atoms with Crippen molar-refractivity contribution in [3.05, 3.63) is 23.2 Å². The molecule has 118 valence electrons. The Hall–Kier alpha value is -0.800. The van der Waals surface area contributed by atoms with Gasteiger partial charge in [0.2, 0.25) is 0 Å². The normalized spacial score (nSPS) is 31.9. The molecule has 1 aromatic heterocycles. The molecule has 3 atom stereocenters. The molecule has 0 aliphatic heterocycles. The number of nitrogens with one attached hydrogen (secondary N) is 1. The smallest absolute Gasteiger partial charge is 0.109 e. The lowest BCUT2D eigenvalue weighted by Gasteiger charge is -2.39. The van der Waals surface area contributed by atoms with Gasteiger partial charge in [-0.2, -0.15) is 0 Å². The zero-order valence-corrected chi connectivity index (χ0v) is 13.9. The molecule has 1 heterocycles. The van der Waals surface area contributed by atoms with Gasteiger partial charge in [0.25, 0.3) is 0 Å². The van der Waals surface area contributed by atoms with E-state index < -0.39 is 0 Å². The Morgan fingerprint density at radius 2 is 2.05 bits per heavy atom. The van der Waals surface area contributed by atoms with Crippen LogP contribution in [0, 0.1) is 12.3 Å². The lowest BCUT2D eigenvalue weighted by atomic mass is 9.74. The van der Waals surface area contributed by atoms with Crippen molar-refractivity contribution in [2.24, 2.45) is 5.41 Å². The van der Waals surface area contributed by atoms with E-state index in [-0.39, 0.29) is 0 Å². The van der Waals surface area contributed by atoms with Gasteiger partial charge in [0, 0.05) is 31.2 Å². The van der Waals surface area contributed by atoms with Crippen molar-refractivity contribution >= 4 is 0 Å². The van der Waals surface area contributed by atoms with E-state index in [9.17, 15) is 0 Å². The van der Waals surface area contributed by atoms with E-state index in [0.29, 0.717) is 23.6 Å².